The molecular weight excluding hydrogens is 244 g/mol. The number of amides is 2. The van der Waals surface area contributed by atoms with Crippen LogP contribution in [0, 0.1) is 5.92 Å². The minimum atomic E-state index is -1.38. The van der Waals surface area contributed by atoms with Crippen molar-refractivity contribution in [3.8, 4) is 0 Å². The van der Waals surface area contributed by atoms with E-state index in [0.717, 1.165) is 0 Å². The van der Waals surface area contributed by atoms with Gasteiger partial charge in [0, 0.05) is 12.3 Å². The molecule has 0 aromatic heterocycles. The summed E-state index contributed by atoms with van der Waals surface area (Å²) in [5.74, 6) is -3.14. The molecule has 0 aromatic rings. The van der Waals surface area contributed by atoms with Gasteiger partial charge in [-0.2, -0.15) is 0 Å². The van der Waals surface area contributed by atoms with Gasteiger partial charge in [-0.1, -0.05) is 6.92 Å². The molecule has 0 radical (unpaired) electrons. The Balaban J connectivity index is 4.29. The van der Waals surface area contributed by atoms with E-state index in [1.54, 1.807) is 0 Å². The average molecular weight is 262 g/mol. The second kappa shape index (κ2) is 7.62. The van der Waals surface area contributed by atoms with Crippen molar-refractivity contribution in [3.63, 3.8) is 0 Å². The smallest absolute Gasteiger partial charge is 0.328 e. The van der Waals surface area contributed by atoms with Crippen molar-refractivity contribution in [2.45, 2.75) is 38.8 Å². The first-order chi connectivity index (χ1) is 8.29. The number of carbonyl (C=O) groups is 3. The summed E-state index contributed by atoms with van der Waals surface area (Å²) >= 11 is 0. The van der Waals surface area contributed by atoms with Gasteiger partial charge in [0.15, 0.2) is 6.04 Å². The summed E-state index contributed by atoms with van der Waals surface area (Å²) in [6, 6.07) is -1.38. The number of carboxylic acid groups (broad SMARTS) is 1. The number of carboxylic acids is 1. The van der Waals surface area contributed by atoms with Crippen LogP contribution in [0.25, 0.3) is 0 Å². The van der Waals surface area contributed by atoms with E-state index in [9.17, 15) is 19.5 Å². The quantitative estimate of drug-likeness (QED) is 0.290. The van der Waals surface area contributed by atoms with Crippen LogP contribution in [0.3, 0.4) is 0 Å². The van der Waals surface area contributed by atoms with E-state index in [4.69, 9.17) is 10.3 Å². The fraction of sp³-hybridized carbons (Fsp3) is 0.700. The molecule has 0 aliphatic heterocycles. The molecule has 0 bridgehead atoms. The second-order valence-electron chi connectivity index (χ2n) is 4.04. The molecule has 0 heterocycles. The van der Waals surface area contributed by atoms with Crippen molar-refractivity contribution >= 4 is 17.8 Å². The van der Waals surface area contributed by atoms with E-state index in [-0.39, 0.29) is 12.8 Å². The lowest BCUT2D eigenvalue weighted by molar-refractivity contribution is -0.145. The first-order valence-corrected chi connectivity index (χ1v) is 5.43. The lowest BCUT2D eigenvalue weighted by Crippen LogP contribution is -2.49. The summed E-state index contributed by atoms with van der Waals surface area (Å²) in [4.78, 5) is 33.1. The highest BCUT2D eigenvalue weighted by molar-refractivity contribution is 5.85. The topological polar surface area (TPSA) is 136 Å². The third-order valence-electron chi connectivity index (χ3n) is 2.42. The van der Waals surface area contributed by atoms with Crippen molar-refractivity contribution in [1.82, 2.24) is 10.8 Å². The summed E-state index contributed by atoms with van der Waals surface area (Å²) in [7, 11) is 0. The van der Waals surface area contributed by atoms with Gasteiger partial charge in [-0.15, -0.1) is 0 Å². The van der Waals surface area contributed by atoms with Gasteiger partial charge in [-0.25, -0.2) is 10.3 Å². The zero-order valence-corrected chi connectivity index (χ0v) is 10.2. The Morgan fingerprint density at radius 2 is 1.78 bits per heavy atom. The van der Waals surface area contributed by atoms with Crippen molar-refractivity contribution in [1.29, 1.82) is 0 Å². The Morgan fingerprint density at radius 1 is 1.22 bits per heavy atom. The molecule has 0 saturated heterocycles. The molecule has 0 fully saturated rings. The number of nitrogens with one attached hydrogen (secondary N) is 2. The average Bonchev–Trinajstić information content (AvgIpc) is 2.30. The molecule has 8 nitrogen and oxygen atoms in total. The van der Waals surface area contributed by atoms with Crippen LogP contribution in [0.2, 0.25) is 0 Å². The van der Waals surface area contributed by atoms with Crippen molar-refractivity contribution in [2.75, 3.05) is 0 Å². The first kappa shape index (κ1) is 16.3. The van der Waals surface area contributed by atoms with Gasteiger partial charge in [-0.3, -0.25) is 14.8 Å². The maximum Gasteiger partial charge on any atom is 0.328 e. The fourth-order valence-corrected chi connectivity index (χ4v) is 1.22. The van der Waals surface area contributed by atoms with E-state index in [0.29, 0.717) is 0 Å². The van der Waals surface area contributed by atoms with Crippen molar-refractivity contribution < 1.29 is 29.8 Å². The minimum Gasteiger partial charge on any atom is -0.480 e. The van der Waals surface area contributed by atoms with Crippen LogP contribution in [0.1, 0.15) is 26.7 Å². The van der Waals surface area contributed by atoms with Gasteiger partial charge in [0.05, 0.1) is 6.10 Å². The Bertz CT molecular complexity index is 317. The maximum absolute atomic E-state index is 11.6. The summed E-state index contributed by atoms with van der Waals surface area (Å²) in [6.07, 6.45) is -1.12. The Morgan fingerprint density at radius 3 is 2.17 bits per heavy atom. The lowest BCUT2D eigenvalue weighted by atomic mass is 10.0. The normalized spacial score (nSPS) is 15.3. The summed E-state index contributed by atoms with van der Waals surface area (Å²) in [6.45, 7) is 2.77. The van der Waals surface area contributed by atoms with Gasteiger partial charge >= 0.3 is 5.97 Å². The molecule has 3 atom stereocenters. The van der Waals surface area contributed by atoms with E-state index in [1.807, 2.05) is 0 Å². The van der Waals surface area contributed by atoms with Gasteiger partial charge in [0.25, 0.3) is 0 Å². The molecule has 0 aromatic carbocycles. The highest BCUT2D eigenvalue weighted by Crippen LogP contribution is 2.06. The molecule has 0 aliphatic rings. The molecular formula is C10H18N2O6. The van der Waals surface area contributed by atoms with Crippen LogP contribution in [-0.2, 0) is 14.4 Å². The SMILES string of the molecule is CC(CCC(=O)NO)C(=O)N[C@H](C(=O)O)C(C)O. The molecule has 0 spiro atoms. The third kappa shape index (κ3) is 5.60. The van der Waals surface area contributed by atoms with Gasteiger partial charge in [-0.05, 0) is 13.3 Å². The largest absolute Gasteiger partial charge is 0.480 e. The van der Waals surface area contributed by atoms with Crippen LogP contribution in [0.4, 0.5) is 0 Å². The molecule has 104 valence electrons. The second-order valence-corrected chi connectivity index (χ2v) is 4.04. The van der Waals surface area contributed by atoms with E-state index in [1.165, 1.54) is 19.3 Å². The third-order valence-corrected chi connectivity index (χ3v) is 2.42. The summed E-state index contributed by atoms with van der Waals surface area (Å²) in [5, 5.41) is 28.4. The molecule has 5 N–H and O–H groups in total. The number of hydrogen-bond donors (Lipinski definition) is 5. The zero-order valence-electron chi connectivity index (χ0n) is 10.2. The van der Waals surface area contributed by atoms with Crippen LogP contribution in [-0.4, -0.2) is 45.3 Å². The molecule has 0 rings (SSSR count). The molecule has 18 heavy (non-hydrogen) atoms. The first-order valence-electron chi connectivity index (χ1n) is 5.43. The highest BCUT2D eigenvalue weighted by atomic mass is 16.5. The Kier molecular flexibility index (Phi) is 6.91. The maximum atomic E-state index is 11.6. The fourth-order valence-electron chi connectivity index (χ4n) is 1.22. The minimum absolute atomic E-state index is 0.0580. The Labute approximate surface area is 104 Å². The number of rotatable bonds is 7. The van der Waals surface area contributed by atoms with Gasteiger partial charge in [0.1, 0.15) is 0 Å². The number of carbonyl (C=O) groups excluding carboxylic acids is 2. The monoisotopic (exact) mass is 262 g/mol. The van der Waals surface area contributed by atoms with Crippen molar-refractivity contribution in [2.24, 2.45) is 5.92 Å². The molecule has 8 heteroatoms. The van der Waals surface area contributed by atoms with E-state index >= 15 is 0 Å². The van der Waals surface area contributed by atoms with Gasteiger partial charge < -0.3 is 15.5 Å². The number of aliphatic carboxylic acids is 1. The van der Waals surface area contributed by atoms with Crippen molar-refractivity contribution in [3.05, 3.63) is 0 Å². The summed E-state index contributed by atoms with van der Waals surface area (Å²) < 4.78 is 0. The van der Waals surface area contributed by atoms with Crippen LogP contribution < -0.4 is 10.8 Å². The van der Waals surface area contributed by atoms with Crippen LogP contribution in [0.15, 0.2) is 0 Å². The Hall–Kier alpha value is -1.67. The number of aliphatic hydroxyl groups excluding tert-OH is 1. The molecule has 0 saturated carbocycles. The standard InChI is InChI=1S/C10H18N2O6/c1-5(3-4-7(14)12-18)9(15)11-8(6(2)13)10(16)17/h5-6,8,13,18H,3-4H2,1-2H3,(H,11,15)(H,12,14)(H,16,17)/t5?,6?,8-/m0/s1. The highest BCUT2D eigenvalue weighted by Gasteiger charge is 2.26. The predicted molar refractivity (Wildman–Crippen MR) is 59.6 cm³/mol. The number of hydroxylamine groups is 1. The van der Waals surface area contributed by atoms with E-state index in [2.05, 4.69) is 5.32 Å². The molecule has 2 amide bonds. The number of hydrogen-bond acceptors (Lipinski definition) is 5. The van der Waals surface area contributed by atoms with Crippen LogP contribution in [0.5, 0.6) is 0 Å². The van der Waals surface area contributed by atoms with Crippen LogP contribution >= 0.6 is 0 Å². The zero-order chi connectivity index (χ0) is 14.3. The molecule has 0 aliphatic carbocycles. The summed E-state index contributed by atoms with van der Waals surface area (Å²) in [5.41, 5.74) is 1.43. The molecule has 2 unspecified atom stereocenters. The van der Waals surface area contributed by atoms with Gasteiger partial charge in [0.2, 0.25) is 11.8 Å². The predicted octanol–water partition coefficient (Wildman–Crippen LogP) is -1.14. The van der Waals surface area contributed by atoms with E-state index < -0.39 is 35.8 Å². The number of aliphatic hydroxyl groups is 1. The lowest BCUT2D eigenvalue weighted by Gasteiger charge is -2.19.